The second-order valence-electron chi connectivity index (χ2n) is 7.83. The monoisotopic (exact) mass is 304 g/mol. The fourth-order valence-electron chi connectivity index (χ4n) is 4.82. The Kier molecular flexibility index (Phi) is 8.26. The van der Waals surface area contributed by atoms with Crippen LogP contribution in [0.5, 0.6) is 0 Å². The molecular formula is C21H36O. The smallest absolute Gasteiger partial charge is 0.142 e. The van der Waals surface area contributed by atoms with Crippen molar-refractivity contribution in [3.63, 3.8) is 0 Å². The number of rotatable bonds is 8. The van der Waals surface area contributed by atoms with E-state index in [2.05, 4.69) is 13.0 Å². The molecular weight excluding hydrogens is 268 g/mol. The third-order valence-corrected chi connectivity index (χ3v) is 6.30. The van der Waals surface area contributed by atoms with Gasteiger partial charge in [-0.2, -0.15) is 0 Å². The molecule has 0 aromatic rings. The van der Waals surface area contributed by atoms with Crippen molar-refractivity contribution < 1.29 is 4.79 Å². The number of allylic oxidation sites excluding steroid dienone is 2. The molecule has 22 heavy (non-hydrogen) atoms. The van der Waals surface area contributed by atoms with E-state index in [-0.39, 0.29) is 0 Å². The van der Waals surface area contributed by atoms with E-state index in [1.165, 1.54) is 83.5 Å². The first kappa shape index (κ1) is 17.8. The average Bonchev–Trinajstić information content (AvgIpc) is 2.58. The lowest BCUT2D eigenvalue weighted by molar-refractivity contribution is -0.104. The van der Waals surface area contributed by atoms with E-state index in [4.69, 9.17) is 0 Å². The van der Waals surface area contributed by atoms with Gasteiger partial charge in [-0.3, -0.25) is 4.79 Å². The second-order valence-corrected chi connectivity index (χ2v) is 7.83. The normalized spacial score (nSPS) is 33.1. The van der Waals surface area contributed by atoms with Gasteiger partial charge in [0.1, 0.15) is 6.29 Å². The molecule has 0 aliphatic heterocycles. The Morgan fingerprint density at radius 3 is 2.05 bits per heavy atom. The molecule has 2 aliphatic rings. The first-order valence-electron chi connectivity index (χ1n) is 9.95. The first-order valence-corrected chi connectivity index (χ1v) is 9.95. The summed E-state index contributed by atoms with van der Waals surface area (Å²) in [6.45, 7) is 2.30. The van der Waals surface area contributed by atoms with Gasteiger partial charge >= 0.3 is 0 Å². The number of aldehydes is 1. The number of unbranched alkanes of at least 4 members (excludes halogenated alkanes) is 3. The fourth-order valence-corrected chi connectivity index (χ4v) is 4.82. The van der Waals surface area contributed by atoms with Gasteiger partial charge < -0.3 is 0 Å². The van der Waals surface area contributed by atoms with Crippen LogP contribution in [-0.2, 0) is 4.79 Å². The third kappa shape index (κ3) is 5.89. The van der Waals surface area contributed by atoms with Gasteiger partial charge in [0.25, 0.3) is 0 Å². The fraction of sp³-hybridized carbons (Fsp3) is 0.857. The Balaban J connectivity index is 1.61. The van der Waals surface area contributed by atoms with Crippen LogP contribution in [0.3, 0.4) is 0 Å². The van der Waals surface area contributed by atoms with Crippen LogP contribution in [0.15, 0.2) is 12.2 Å². The minimum atomic E-state index is 0.677. The molecule has 2 fully saturated rings. The lowest BCUT2D eigenvalue weighted by atomic mass is 9.68. The molecule has 0 unspecified atom stereocenters. The number of hydrogen-bond acceptors (Lipinski definition) is 1. The maximum absolute atomic E-state index is 10.4. The quantitative estimate of drug-likeness (QED) is 0.291. The van der Waals surface area contributed by atoms with Gasteiger partial charge in [-0.05, 0) is 68.3 Å². The van der Waals surface area contributed by atoms with Crippen LogP contribution in [0.1, 0.15) is 90.4 Å². The predicted octanol–water partition coefficient (Wildman–Crippen LogP) is 6.32. The Morgan fingerprint density at radius 1 is 0.818 bits per heavy atom. The van der Waals surface area contributed by atoms with Crippen molar-refractivity contribution in [2.24, 2.45) is 23.7 Å². The Labute approximate surface area is 137 Å². The highest BCUT2D eigenvalue weighted by Crippen LogP contribution is 2.42. The van der Waals surface area contributed by atoms with Crippen LogP contribution in [-0.4, -0.2) is 6.29 Å². The second kappa shape index (κ2) is 10.2. The summed E-state index contributed by atoms with van der Waals surface area (Å²) in [4.78, 5) is 10.4. The standard InChI is InChI=1S/C21H36O/c1-2-3-4-5-7-18-9-13-20(14-10-18)21-15-11-19(12-16-21)8-6-17-22/h6,8,17-21H,2-5,7,9-16H2,1H3. The Morgan fingerprint density at radius 2 is 1.45 bits per heavy atom. The summed E-state index contributed by atoms with van der Waals surface area (Å²) >= 11 is 0. The minimum Gasteiger partial charge on any atom is -0.299 e. The summed E-state index contributed by atoms with van der Waals surface area (Å²) in [6.07, 6.45) is 23.4. The topological polar surface area (TPSA) is 17.1 Å². The summed E-state index contributed by atoms with van der Waals surface area (Å²) in [5.41, 5.74) is 0. The summed E-state index contributed by atoms with van der Waals surface area (Å²) in [5, 5.41) is 0. The van der Waals surface area contributed by atoms with Crippen molar-refractivity contribution in [1.29, 1.82) is 0 Å². The highest BCUT2D eigenvalue weighted by atomic mass is 16.1. The van der Waals surface area contributed by atoms with E-state index < -0.39 is 0 Å². The van der Waals surface area contributed by atoms with E-state index in [9.17, 15) is 4.79 Å². The highest BCUT2D eigenvalue weighted by Gasteiger charge is 2.30. The predicted molar refractivity (Wildman–Crippen MR) is 94.9 cm³/mol. The maximum atomic E-state index is 10.4. The highest BCUT2D eigenvalue weighted by molar-refractivity contribution is 5.64. The van der Waals surface area contributed by atoms with E-state index in [0.29, 0.717) is 5.92 Å². The van der Waals surface area contributed by atoms with Crippen molar-refractivity contribution in [3.8, 4) is 0 Å². The van der Waals surface area contributed by atoms with E-state index >= 15 is 0 Å². The largest absolute Gasteiger partial charge is 0.299 e. The van der Waals surface area contributed by atoms with Gasteiger partial charge in [-0.25, -0.2) is 0 Å². The molecule has 2 rings (SSSR count). The van der Waals surface area contributed by atoms with Gasteiger partial charge in [0.2, 0.25) is 0 Å². The molecule has 0 heterocycles. The van der Waals surface area contributed by atoms with Crippen LogP contribution in [0, 0.1) is 23.7 Å². The SMILES string of the molecule is CCCCCCC1CCC(C2CCC(C=CC=O)CC2)CC1. The molecule has 0 amide bonds. The Bertz CT molecular complexity index is 317. The summed E-state index contributed by atoms with van der Waals surface area (Å²) in [5.74, 6) is 3.72. The molecule has 0 aromatic heterocycles. The number of carbonyl (C=O) groups excluding carboxylic acids is 1. The summed E-state index contributed by atoms with van der Waals surface area (Å²) in [7, 11) is 0. The molecule has 2 saturated carbocycles. The number of carbonyl (C=O) groups is 1. The van der Waals surface area contributed by atoms with Crippen molar-refractivity contribution >= 4 is 6.29 Å². The maximum Gasteiger partial charge on any atom is 0.142 e. The zero-order valence-electron chi connectivity index (χ0n) is 14.6. The molecule has 0 N–H and O–H groups in total. The first-order chi connectivity index (χ1) is 10.8. The van der Waals surface area contributed by atoms with Crippen LogP contribution in [0.2, 0.25) is 0 Å². The van der Waals surface area contributed by atoms with Gasteiger partial charge in [0, 0.05) is 0 Å². The lowest BCUT2D eigenvalue weighted by Gasteiger charge is -2.37. The minimum absolute atomic E-state index is 0.677. The molecule has 0 saturated heterocycles. The molecule has 1 heteroatoms. The zero-order valence-corrected chi connectivity index (χ0v) is 14.6. The molecule has 0 radical (unpaired) electrons. The van der Waals surface area contributed by atoms with Crippen molar-refractivity contribution in [3.05, 3.63) is 12.2 Å². The van der Waals surface area contributed by atoms with E-state index in [1.54, 1.807) is 6.08 Å². The van der Waals surface area contributed by atoms with Gasteiger partial charge in [0.05, 0.1) is 0 Å². The van der Waals surface area contributed by atoms with Crippen molar-refractivity contribution in [2.45, 2.75) is 90.4 Å². The van der Waals surface area contributed by atoms with Crippen LogP contribution in [0.25, 0.3) is 0 Å². The average molecular weight is 305 g/mol. The third-order valence-electron chi connectivity index (χ3n) is 6.30. The number of hydrogen-bond donors (Lipinski definition) is 0. The molecule has 1 nitrogen and oxygen atoms in total. The van der Waals surface area contributed by atoms with Crippen molar-refractivity contribution in [1.82, 2.24) is 0 Å². The van der Waals surface area contributed by atoms with Crippen LogP contribution in [0.4, 0.5) is 0 Å². The molecule has 0 atom stereocenters. The molecule has 2 aliphatic carbocycles. The van der Waals surface area contributed by atoms with Gasteiger partial charge in [-0.1, -0.05) is 57.9 Å². The zero-order chi connectivity index (χ0) is 15.6. The molecule has 0 bridgehead atoms. The van der Waals surface area contributed by atoms with E-state index in [0.717, 1.165) is 24.0 Å². The van der Waals surface area contributed by atoms with Crippen LogP contribution >= 0.6 is 0 Å². The van der Waals surface area contributed by atoms with Crippen LogP contribution < -0.4 is 0 Å². The van der Waals surface area contributed by atoms with Gasteiger partial charge in [0.15, 0.2) is 0 Å². The Hall–Kier alpha value is -0.590. The summed E-state index contributed by atoms with van der Waals surface area (Å²) in [6, 6.07) is 0. The van der Waals surface area contributed by atoms with Crippen molar-refractivity contribution in [2.75, 3.05) is 0 Å². The summed E-state index contributed by atoms with van der Waals surface area (Å²) < 4.78 is 0. The molecule has 126 valence electrons. The van der Waals surface area contributed by atoms with E-state index in [1.807, 2.05) is 0 Å². The molecule has 0 aromatic carbocycles. The molecule has 0 spiro atoms. The van der Waals surface area contributed by atoms with Gasteiger partial charge in [-0.15, -0.1) is 0 Å². The lowest BCUT2D eigenvalue weighted by Crippen LogP contribution is -2.25.